The minimum atomic E-state index is -0.211. The smallest absolute Gasteiger partial charge is 0.0705 e. The Bertz CT molecular complexity index is 360. The molecule has 78 valence electrons. The number of aliphatic hydroxyl groups excluding tert-OH is 1. The minimum absolute atomic E-state index is 0.0239. The molecule has 0 spiro atoms. The van der Waals surface area contributed by atoms with Crippen molar-refractivity contribution in [1.82, 2.24) is 0 Å². The fourth-order valence-electron chi connectivity index (χ4n) is 1.87. The van der Waals surface area contributed by atoms with Crippen LogP contribution in [0.5, 0.6) is 0 Å². The zero-order valence-electron chi connectivity index (χ0n) is 8.39. The summed E-state index contributed by atoms with van der Waals surface area (Å²) in [5.41, 5.74) is 1.38. The topological polar surface area (TPSA) is 44.0 Å². The first kappa shape index (κ1) is 10.5. The third-order valence-corrected chi connectivity index (χ3v) is 4.01. The first-order chi connectivity index (χ1) is 7.33. The van der Waals surface area contributed by atoms with Gasteiger partial charge in [0.2, 0.25) is 0 Å². The molecule has 1 aromatic carbocycles. The summed E-state index contributed by atoms with van der Waals surface area (Å²) in [4.78, 5) is 1.33. The van der Waals surface area contributed by atoms with Crippen LogP contribution in [0, 0.1) is 17.2 Å². The SMILES string of the molecule is N#CC(CO)CC1Cc2ccccc2S1. The average molecular weight is 219 g/mol. The Labute approximate surface area is 93.9 Å². The number of hydrogen-bond acceptors (Lipinski definition) is 3. The van der Waals surface area contributed by atoms with Crippen LogP contribution in [0.3, 0.4) is 0 Å². The fraction of sp³-hybridized carbons (Fsp3) is 0.417. The molecule has 0 fully saturated rings. The van der Waals surface area contributed by atoms with E-state index in [0.29, 0.717) is 5.25 Å². The van der Waals surface area contributed by atoms with Gasteiger partial charge in [0, 0.05) is 10.1 Å². The molecular formula is C12H13NOS. The van der Waals surface area contributed by atoms with Gasteiger partial charge in [-0.2, -0.15) is 5.26 Å². The summed E-state index contributed by atoms with van der Waals surface area (Å²) in [5.74, 6) is -0.211. The van der Waals surface area contributed by atoms with Gasteiger partial charge in [0.05, 0.1) is 18.6 Å². The Kier molecular flexibility index (Phi) is 3.30. The van der Waals surface area contributed by atoms with Gasteiger partial charge in [0.1, 0.15) is 0 Å². The molecule has 0 bridgehead atoms. The molecule has 1 aliphatic heterocycles. The molecule has 2 rings (SSSR count). The minimum Gasteiger partial charge on any atom is -0.395 e. The van der Waals surface area contributed by atoms with Gasteiger partial charge in [-0.1, -0.05) is 18.2 Å². The molecule has 2 nitrogen and oxygen atoms in total. The maximum Gasteiger partial charge on any atom is 0.0705 e. The quantitative estimate of drug-likeness (QED) is 0.847. The fourth-order valence-corrected chi connectivity index (χ4v) is 3.28. The standard InChI is InChI=1S/C12H13NOS/c13-7-9(8-14)5-11-6-10-3-1-2-4-12(10)15-11/h1-4,9,11,14H,5-6,8H2. The molecule has 1 aliphatic rings. The zero-order valence-corrected chi connectivity index (χ0v) is 9.20. The Balaban J connectivity index is 1.99. The number of benzene rings is 1. The van der Waals surface area contributed by atoms with E-state index in [0.717, 1.165) is 12.8 Å². The van der Waals surface area contributed by atoms with Gasteiger partial charge < -0.3 is 5.11 Å². The lowest BCUT2D eigenvalue weighted by Crippen LogP contribution is -2.12. The van der Waals surface area contributed by atoms with Crippen molar-refractivity contribution in [2.75, 3.05) is 6.61 Å². The van der Waals surface area contributed by atoms with Gasteiger partial charge in [0.15, 0.2) is 0 Å². The van der Waals surface area contributed by atoms with Crippen molar-refractivity contribution >= 4 is 11.8 Å². The van der Waals surface area contributed by atoms with Gasteiger partial charge in [-0.15, -0.1) is 11.8 Å². The van der Waals surface area contributed by atoms with Crippen molar-refractivity contribution in [1.29, 1.82) is 5.26 Å². The summed E-state index contributed by atoms with van der Waals surface area (Å²) in [6, 6.07) is 10.5. The summed E-state index contributed by atoms with van der Waals surface area (Å²) in [6.45, 7) is -0.0239. The maximum atomic E-state index is 8.97. The summed E-state index contributed by atoms with van der Waals surface area (Å²) in [5, 5.41) is 18.2. The summed E-state index contributed by atoms with van der Waals surface area (Å²) >= 11 is 1.83. The molecule has 0 saturated heterocycles. The van der Waals surface area contributed by atoms with E-state index in [9.17, 15) is 0 Å². The highest BCUT2D eigenvalue weighted by molar-refractivity contribution is 8.00. The molecule has 15 heavy (non-hydrogen) atoms. The van der Waals surface area contributed by atoms with E-state index in [1.165, 1.54) is 10.5 Å². The lowest BCUT2D eigenvalue weighted by Gasteiger charge is -2.10. The first-order valence-electron chi connectivity index (χ1n) is 5.08. The molecule has 2 unspecified atom stereocenters. The predicted octanol–water partition coefficient (Wildman–Crippen LogP) is 2.23. The molecule has 0 aliphatic carbocycles. The molecule has 3 heteroatoms. The molecule has 1 N–H and O–H groups in total. The Morgan fingerprint density at radius 3 is 3.00 bits per heavy atom. The van der Waals surface area contributed by atoms with Crippen molar-refractivity contribution in [2.45, 2.75) is 23.0 Å². The van der Waals surface area contributed by atoms with Gasteiger partial charge in [-0.3, -0.25) is 0 Å². The highest BCUT2D eigenvalue weighted by Gasteiger charge is 2.24. The highest BCUT2D eigenvalue weighted by atomic mass is 32.2. The van der Waals surface area contributed by atoms with Crippen molar-refractivity contribution < 1.29 is 5.11 Å². The third-order valence-electron chi connectivity index (χ3n) is 2.66. The van der Waals surface area contributed by atoms with Crippen molar-refractivity contribution in [3.63, 3.8) is 0 Å². The molecule has 2 atom stereocenters. The second kappa shape index (κ2) is 4.69. The van der Waals surface area contributed by atoms with E-state index in [-0.39, 0.29) is 12.5 Å². The Morgan fingerprint density at radius 2 is 2.33 bits per heavy atom. The molecule has 0 radical (unpaired) electrons. The molecule has 0 saturated carbocycles. The number of thioether (sulfide) groups is 1. The number of nitriles is 1. The number of hydrogen-bond donors (Lipinski definition) is 1. The van der Waals surface area contributed by atoms with Crippen LogP contribution in [0.25, 0.3) is 0 Å². The van der Waals surface area contributed by atoms with E-state index in [2.05, 4.69) is 24.3 Å². The van der Waals surface area contributed by atoms with Gasteiger partial charge >= 0.3 is 0 Å². The monoisotopic (exact) mass is 219 g/mol. The molecule has 0 aromatic heterocycles. The van der Waals surface area contributed by atoms with E-state index < -0.39 is 0 Å². The molecule has 1 heterocycles. The van der Waals surface area contributed by atoms with Crippen LogP contribution < -0.4 is 0 Å². The van der Waals surface area contributed by atoms with E-state index in [4.69, 9.17) is 10.4 Å². The summed E-state index contributed by atoms with van der Waals surface area (Å²) in [6.07, 6.45) is 1.81. The third kappa shape index (κ3) is 2.34. The summed E-state index contributed by atoms with van der Waals surface area (Å²) in [7, 11) is 0. The Morgan fingerprint density at radius 1 is 1.53 bits per heavy atom. The number of aliphatic hydroxyl groups is 1. The van der Waals surface area contributed by atoms with E-state index in [1.54, 1.807) is 0 Å². The highest BCUT2D eigenvalue weighted by Crippen LogP contribution is 2.39. The first-order valence-corrected chi connectivity index (χ1v) is 5.96. The van der Waals surface area contributed by atoms with Gasteiger partial charge in [0.25, 0.3) is 0 Å². The van der Waals surface area contributed by atoms with Crippen LogP contribution in [0.4, 0.5) is 0 Å². The van der Waals surface area contributed by atoms with E-state index >= 15 is 0 Å². The average Bonchev–Trinajstić information content (AvgIpc) is 2.68. The van der Waals surface area contributed by atoms with Crippen LogP contribution in [0.2, 0.25) is 0 Å². The molecular weight excluding hydrogens is 206 g/mol. The second-order valence-corrected chi connectivity index (χ2v) is 5.14. The zero-order chi connectivity index (χ0) is 10.7. The lowest BCUT2D eigenvalue weighted by molar-refractivity contribution is 0.249. The van der Waals surface area contributed by atoms with Crippen molar-refractivity contribution in [2.24, 2.45) is 5.92 Å². The Hall–Kier alpha value is -0.980. The predicted molar refractivity (Wildman–Crippen MR) is 60.6 cm³/mol. The van der Waals surface area contributed by atoms with Crippen molar-refractivity contribution in [3.05, 3.63) is 29.8 Å². The van der Waals surface area contributed by atoms with Crippen LogP contribution in [0.15, 0.2) is 29.2 Å². The van der Waals surface area contributed by atoms with E-state index in [1.807, 2.05) is 17.8 Å². The molecule has 1 aromatic rings. The van der Waals surface area contributed by atoms with Crippen LogP contribution in [-0.4, -0.2) is 17.0 Å². The number of fused-ring (bicyclic) bond motifs is 1. The second-order valence-electron chi connectivity index (χ2n) is 3.80. The van der Waals surface area contributed by atoms with Crippen LogP contribution >= 0.6 is 11.8 Å². The number of rotatable bonds is 3. The molecule has 0 amide bonds. The van der Waals surface area contributed by atoms with Crippen LogP contribution in [-0.2, 0) is 6.42 Å². The number of nitrogens with zero attached hydrogens (tertiary/aromatic N) is 1. The normalized spacial score (nSPS) is 20.7. The van der Waals surface area contributed by atoms with Gasteiger partial charge in [-0.05, 0) is 24.5 Å². The lowest BCUT2D eigenvalue weighted by atomic mass is 10.0. The van der Waals surface area contributed by atoms with Gasteiger partial charge in [-0.25, -0.2) is 0 Å². The maximum absolute atomic E-state index is 8.97. The summed E-state index contributed by atoms with van der Waals surface area (Å²) < 4.78 is 0. The largest absolute Gasteiger partial charge is 0.395 e. The van der Waals surface area contributed by atoms with Crippen molar-refractivity contribution in [3.8, 4) is 6.07 Å². The van der Waals surface area contributed by atoms with Crippen LogP contribution in [0.1, 0.15) is 12.0 Å².